The monoisotopic (exact) mass is 419 g/mol. The molecule has 0 atom stereocenters. The van der Waals surface area contributed by atoms with Gasteiger partial charge in [-0.25, -0.2) is 0 Å². The van der Waals surface area contributed by atoms with Crippen LogP contribution in [0.3, 0.4) is 0 Å². The predicted molar refractivity (Wildman–Crippen MR) is 125 cm³/mol. The highest BCUT2D eigenvalue weighted by atomic mass is 32.1. The first-order valence-electron chi connectivity index (χ1n) is 10.4. The van der Waals surface area contributed by atoms with Crippen LogP contribution in [0.25, 0.3) is 6.08 Å². The predicted octanol–water partition coefficient (Wildman–Crippen LogP) is 5.95. The summed E-state index contributed by atoms with van der Waals surface area (Å²) in [5.41, 5.74) is 5.57. The van der Waals surface area contributed by atoms with Gasteiger partial charge in [0.05, 0.1) is 4.92 Å². The van der Waals surface area contributed by atoms with E-state index >= 15 is 0 Å². The van der Waals surface area contributed by atoms with E-state index in [1.807, 2.05) is 36.4 Å². The van der Waals surface area contributed by atoms with E-state index in [1.54, 1.807) is 12.1 Å². The number of rotatable bonds is 5. The molecule has 0 bridgehead atoms. The number of hydrogen-bond acceptors (Lipinski definition) is 4. The standard InChI is InChI=1S/C24H25N3O2S/c28-27(29)21-11-7-8-18(17-21)16-19-12-13-22(23(19)26-14-5-2-6-15-26)24(30)25-20-9-3-1-4-10-20/h1,3-4,7-11,16-17H,2,5-6,12-15H2,(H,25,30)/b19-16+. The van der Waals surface area contributed by atoms with Gasteiger partial charge in [-0.3, -0.25) is 10.1 Å². The molecule has 2 aromatic rings. The number of para-hydroxylation sites is 1. The topological polar surface area (TPSA) is 58.4 Å². The molecule has 1 N–H and O–H groups in total. The van der Waals surface area contributed by atoms with Crippen LogP contribution in [0, 0.1) is 10.1 Å². The Kier molecular flexibility index (Phi) is 6.23. The summed E-state index contributed by atoms with van der Waals surface area (Å²) >= 11 is 5.80. The van der Waals surface area contributed by atoms with Gasteiger partial charge in [-0.15, -0.1) is 0 Å². The number of likely N-dealkylation sites (tertiary alicyclic amines) is 1. The lowest BCUT2D eigenvalue weighted by atomic mass is 10.0. The number of benzene rings is 2. The van der Waals surface area contributed by atoms with Gasteiger partial charge in [0.25, 0.3) is 5.69 Å². The van der Waals surface area contributed by atoms with Gasteiger partial charge in [0.1, 0.15) is 4.99 Å². The molecule has 154 valence electrons. The Balaban J connectivity index is 1.69. The van der Waals surface area contributed by atoms with E-state index in [0.29, 0.717) is 0 Å². The zero-order chi connectivity index (χ0) is 20.9. The van der Waals surface area contributed by atoms with E-state index in [2.05, 4.69) is 16.3 Å². The fourth-order valence-electron chi connectivity index (χ4n) is 4.22. The summed E-state index contributed by atoms with van der Waals surface area (Å²) in [6, 6.07) is 16.8. The van der Waals surface area contributed by atoms with Crippen LogP contribution in [0.15, 0.2) is 71.4 Å². The number of nitrogens with one attached hydrogen (secondary N) is 1. The third-order valence-corrected chi connectivity index (χ3v) is 5.98. The molecular weight excluding hydrogens is 394 g/mol. The van der Waals surface area contributed by atoms with Crippen LogP contribution < -0.4 is 5.32 Å². The number of piperidine rings is 1. The van der Waals surface area contributed by atoms with Crippen molar-refractivity contribution in [1.82, 2.24) is 4.90 Å². The Hall–Kier alpha value is -2.99. The van der Waals surface area contributed by atoms with Gasteiger partial charge < -0.3 is 10.2 Å². The molecule has 0 saturated carbocycles. The van der Waals surface area contributed by atoms with Crippen LogP contribution in [-0.4, -0.2) is 27.9 Å². The highest BCUT2D eigenvalue weighted by Gasteiger charge is 2.28. The van der Waals surface area contributed by atoms with Crippen molar-refractivity contribution in [1.29, 1.82) is 0 Å². The van der Waals surface area contributed by atoms with Crippen LogP contribution in [0.5, 0.6) is 0 Å². The van der Waals surface area contributed by atoms with Crippen molar-refractivity contribution in [2.75, 3.05) is 18.4 Å². The van der Waals surface area contributed by atoms with Crippen LogP contribution >= 0.6 is 12.2 Å². The lowest BCUT2D eigenvalue weighted by Crippen LogP contribution is -2.31. The number of nitrogens with zero attached hydrogens (tertiary/aromatic N) is 2. The second-order valence-corrected chi connectivity index (χ2v) is 8.12. The average molecular weight is 420 g/mol. The molecule has 0 amide bonds. The number of nitro benzene ring substituents is 1. The van der Waals surface area contributed by atoms with E-state index < -0.39 is 0 Å². The summed E-state index contributed by atoms with van der Waals surface area (Å²) < 4.78 is 0. The number of hydrogen-bond donors (Lipinski definition) is 1. The Morgan fingerprint density at radius 3 is 2.53 bits per heavy atom. The molecule has 1 saturated heterocycles. The third-order valence-electron chi connectivity index (χ3n) is 5.63. The van der Waals surface area contributed by atoms with Crippen LogP contribution in [-0.2, 0) is 0 Å². The summed E-state index contributed by atoms with van der Waals surface area (Å²) in [6.45, 7) is 2.05. The Labute approximate surface area is 182 Å². The van der Waals surface area contributed by atoms with Crippen molar-refractivity contribution < 1.29 is 4.92 Å². The van der Waals surface area contributed by atoms with Crippen molar-refractivity contribution in [3.05, 3.63) is 87.1 Å². The largest absolute Gasteiger partial charge is 0.371 e. The first-order chi connectivity index (χ1) is 14.6. The van der Waals surface area contributed by atoms with Crippen molar-refractivity contribution in [3.8, 4) is 0 Å². The minimum atomic E-state index is -0.345. The number of thiocarbonyl (C=S) groups is 1. The van der Waals surface area contributed by atoms with Crippen molar-refractivity contribution in [3.63, 3.8) is 0 Å². The fraction of sp³-hybridized carbons (Fsp3) is 0.292. The van der Waals surface area contributed by atoms with E-state index in [4.69, 9.17) is 12.2 Å². The van der Waals surface area contributed by atoms with Gasteiger partial charge >= 0.3 is 0 Å². The Morgan fingerprint density at radius 2 is 1.80 bits per heavy atom. The smallest absolute Gasteiger partial charge is 0.270 e. The minimum Gasteiger partial charge on any atom is -0.371 e. The summed E-state index contributed by atoms with van der Waals surface area (Å²) in [6.07, 6.45) is 7.48. The number of allylic oxidation sites excluding steroid dienone is 1. The normalized spacial score (nSPS) is 18.0. The van der Waals surface area contributed by atoms with Gasteiger partial charge in [0.2, 0.25) is 0 Å². The molecule has 2 aromatic carbocycles. The number of non-ortho nitro benzene ring substituents is 1. The lowest BCUT2D eigenvalue weighted by Gasteiger charge is -2.32. The molecule has 1 fully saturated rings. The Bertz CT molecular complexity index is 1010. The maximum absolute atomic E-state index is 11.2. The first kappa shape index (κ1) is 20.3. The average Bonchev–Trinajstić information content (AvgIpc) is 3.19. The zero-order valence-corrected chi connectivity index (χ0v) is 17.7. The van der Waals surface area contributed by atoms with E-state index in [1.165, 1.54) is 42.2 Å². The highest BCUT2D eigenvalue weighted by Crippen LogP contribution is 2.37. The third kappa shape index (κ3) is 4.60. The lowest BCUT2D eigenvalue weighted by molar-refractivity contribution is -0.384. The summed E-state index contributed by atoms with van der Waals surface area (Å²) in [5, 5.41) is 14.6. The molecule has 1 heterocycles. The maximum Gasteiger partial charge on any atom is 0.270 e. The summed E-state index contributed by atoms with van der Waals surface area (Å²) in [4.78, 5) is 14.0. The zero-order valence-electron chi connectivity index (χ0n) is 16.8. The number of anilines is 1. The molecule has 6 heteroatoms. The van der Waals surface area contributed by atoms with Gasteiger partial charge in [-0.1, -0.05) is 42.5 Å². The molecule has 0 aromatic heterocycles. The van der Waals surface area contributed by atoms with Gasteiger partial charge in [0, 0.05) is 42.2 Å². The van der Waals surface area contributed by atoms with E-state index in [9.17, 15) is 10.1 Å². The van der Waals surface area contributed by atoms with Crippen LogP contribution in [0.1, 0.15) is 37.7 Å². The molecule has 1 aliphatic carbocycles. The SMILES string of the molecule is O=[N+]([O-])c1cccc(/C=C2\CCC(C(=S)Nc3ccccc3)=C2N2CCCCC2)c1. The maximum atomic E-state index is 11.2. The Morgan fingerprint density at radius 1 is 1.03 bits per heavy atom. The molecule has 4 rings (SSSR count). The minimum absolute atomic E-state index is 0.118. The van der Waals surface area contributed by atoms with Crippen molar-refractivity contribution in [2.24, 2.45) is 0 Å². The van der Waals surface area contributed by atoms with Gasteiger partial charge in [-0.05, 0) is 61.4 Å². The highest BCUT2D eigenvalue weighted by molar-refractivity contribution is 7.81. The van der Waals surface area contributed by atoms with E-state index in [0.717, 1.165) is 42.2 Å². The molecular formula is C24H25N3O2S. The molecule has 30 heavy (non-hydrogen) atoms. The quantitative estimate of drug-likeness (QED) is 0.369. The van der Waals surface area contributed by atoms with E-state index in [-0.39, 0.29) is 10.6 Å². The summed E-state index contributed by atoms with van der Waals surface area (Å²) in [5.74, 6) is 0. The molecule has 2 aliphatic rings. The second kappa shape index (κ2) is 9.22. The number of nitro groups is 1. The fourth-order valence-corrected chi connectivity index (χ4v) is 4.54. The molecule has 1 aliphatic heterocycles. The van der Waals surface area contributed by atoms with Gasteiger partial charge in [0.15, 0.2) is 0 Å². The van der Waals surface area contributed by atoms with Crippen LogP contribution in [0.2, 0.25) is 0 Å². The molecule has 0 spiro atoms. The van der Waals surface area contributed by atoms with Crippen molar-refractivity contribution in [2.45, 2.75) is 32.1 Å². The van der Waals surface area contributed by atoms with Crippen LogP contribution in [0.4, 0.5) is 11.4 Å². The first-order valence-corrected chi connectivity index (χ1v) is 10.8. The molecule has 5 nitrogen and oxygen atoms in total. The van der Waals surface area contributed by atoms with Gasteiger partial charge in [-0.2, -0.15) is 0 Å². The van der Waals surface area contributed by atoms with Crippen molar-refractivity contribution >= 4 is 34.7 Å². The summed E-state index contributed by atoms with van der Waals surface area (Å²) in [7, 11) is 0. The molecule has 0 unspecified atom stereocenters. The molecule has 0 radical (unpaired) electrons. The second-order valence-electron chi connectivity index (χ2n) is 7.72.